The fourth-order valence-electron chi connectivity index (χ4n) is 2.83. The van der Waals surface area contributed by atoms with Gasteiger partial charge in [0.05, 0.1) is 11.5 Å². The first-order chi connectivity index (χ1) is 10.8. The van der Waals surface area contributed by atoms with Crippen molar-refractivity contribution < 1.29 is 23.0 Å². The van der Waals surface area contributed by atoms with Gasteiger partial charge in [0, 0.05) is 5.92 Å². The number of ether oxygens (including phenoxy) is 1. The molecule has 23 heavy (non-hydrogen) atoms. The summed E-state index contributed by atoms with van der Waals surface area (Å²) in [6.07, 6.45) is -5.78. The molecule has 3 rings (SSSR count). The van der Waals surface area contributed by atoms with E-state index in [2.05, 4.69) is 10.5 Å². The molecule has 0 saturated heterocycles. The Labute approximate surface area is 128 Å². The van der Waals surface area contributed by atoms with Gasteiger partial charge in [0.2, 0.25) is 5.88 Å². The molecule has 0 saturated carbocycles. The Morgan fingerprint density at radius 3 is 2.52 bits per heavy atom. The first kappa shape index (κ1) is 15.0. The summed E-state index contributed by atoms with van der Waals surface area (Å²) in [5.74, 6) is -2.50. The molecule has 0 fully saturated rings. The van der Waals surface area contributed by atoms with Crippen LogP contribution in [0.3, 0.4) is 0 Å². The summed E-state index contributed by atoms with van der Waals surface area (Å²) in [6.45, 7) is 0. The second kappa shape index (κ2) is 5.08. The molecule has 4 N–H and O–H groups in total. The van der Waals surface area contributed by atoms with Crippen molar-refractivity contribution >= 4 is 5.71 Å². The average molecular weight is 324 g/mol. The van der Waals surface area contributed by atoms with Gasteiger partial charge in [0.1, 0.15) is 11.8 Å². The zero-order chi connectivity index (χ0) is 16.8. The summed E-state index contributed by atoms with van der Waals surface area (Å²) < 4.78 is 44.8. The monoisotopic (exact) mass is 324 g/mol. The topological polar surface area (TPSA) is 104 Å². The first-order valence-corrected chi connectivity index (χ1v) is 6.58. The van der Waals surface area contributed by atoms with Gasteiger partial charge in [-0.05, 0) is 17.7 Å². The molecule has 0 bridgehead atoms. The number of hydrogen-bond acceptors (Lipinski definition) is 6. The third kappa shape index (κ3) is 2.42. The molecule has 6 nitrogen and oxygen atoms in total. The van der Waals surface area contributed by atoms with Crippen LogP contribution in [0.25, 0.3) is 0 Å². The van der Waals surface area contributed by atoms with Crippen molar-refractivity contribution in [2.75, 3.05) is 0 Å². The number of alkyl halides is 3. The summed E-state index contributed by atoms with van der Waals surface area (Å²) in [5, 5.41) is 22.0. The number of fused-ring (bicyclic) bond motifs is 1. The van der Waals surface area contributed by atoms with E-state index in [-0.39, 0.29) is 17.2 Å². The van der Waals surface area contributed by atoms with Crippen LogP contribution in [-0.2, 0) is 4.74 Å². The summed E-state index contributed by atoms with van der Waals surface area (Å²) in [7, 11) is 0. The van der Waals surface area contributed by atoms with Gasteiger partial charge in [-0.1, -0.05) is 12.1 Å². The van der Waals surface area contributed by atoms with Crippen molar-refractivity contribution in [3.63, 3.8) is 0 Å². The Morgan fingerprint density at radius 1 is 1.30 bits per heavy atom. The molecule has 0 aliphatic carbocycles. The first-order valence-electron chi connectivity index (χ1n) is 6.58. The smallest absolute Gasteiger partial charge is 0.431 e. The van der Waals surface area contributed by atoms with Crippen LogP contribution < -0.4 is 11.2 Å². The number of nitrogens with two attached hydrogens (primary N) is 1. The number of nitrogens with zero attached hydrogens (tertiary/aromatic N) is 2. The Balaban J connectivity index is 2.13. The van der Waals surface area contributed by atoms with Crippen LogP contribution >= 0.6 is 0 Å². The molecular weight excluding hydrogens is 313 g/mol. The van der Waals surface area contributed by atoms with E-state index in [0.717, 1.165) is 0 Å². The number of halogens is 3. The lowest BCUT2D eigenvalue weighted by molar-refractivity contribution is -0.0661. The highest BCUT2D eigenvalue weighted by molar-refractivity contribution is 5.94. The van der Waals surface area contributed by atoms with Crippen LogP contribution in [0, 0.1) is 17.2 Å². The van der Waals surface area contributed by atoms with Crippen LogP contribution in [0.4, 0.5) is 13.2 Å². The molecule has 0 unspecified atom stereocenters. The summed E-state index contributed by atoms with van der Waals surface area (Å²) >= 11 is 0. The molecule has 0 spiro atoms. The maximum Gasteiger partial charge on any atom is 0.431 e. The van der Waals surface area contributed by atoms with Crippen LogP contribution in [-0.4, -0.2) is 23.2 Å². The Bertz CT molecular complexity index is 734. The normalized spacial score (nSPS) is 26.7. The predicted octanol–water partition coefficient (Wildman–Crippen LogP) is 1.66. The van der Waals surface area contributed by atoms with Gasteiger partial charge in [0.25, 0.3) is 0 Å². The average Bonchev–Trinajstić information content (AvgIpc) is 2.90. The quantitative estimate of drug-likeness (QED) is 0.729. The number of phenols is 1. The molecule has 0 radical (unpaired) electrons. The minimum atomic E-state index is -4.67. The van der Waals surface area contributed by atoms with E-state index in [9.17, 15) is 23.5 Å². The highest BCUT2D eigenvalue weighted by Crippen LogP contribution is 2.45. The van der Waals surface area contributed by atoms with E-state index in [4.69, 9.17) is 10.5 Å². The second-order valence-electron chi connectivity index (χ2n) is 5.15. The fraction of sp³-hybridized carbons (Fsp3) is 0.286. The van der Waals surface area contributed by atoms with Crippen molar-refractivity contribution in [2.45, 2.75) is 18.3 Å². The third-order valence-corrected chi connectivity index (χ3v) is 3.81. The highest BCUT2D eigenvalue weighted by Gasteiger charge is 2.55. The zero-order valence-corrected chi connectivity index (χ0v) is 11.5. The third-order valence-electron chi connectivity index (χ3n) is 3.81. The summed E-state index contributed by atoms with van der Waals surface area (Å²) in [5.41, 5.74) is 7.19. The van der Waals surface area contributed by atoms with Crippen LogP contribution in [0.5, 0.6) is 5.75 Å². The fourth-order valence-corrected chi connectivity index (χ4v) is 2.83. The molecule has 0 amide bonds. The predicted molar refractivity (Wildman–Crippen MR) is 72.7 cm³/mol. The lowest BCUT2D eigenvalue weighted by Crippen LogP contribution is -2.45. The van der Waals surface area contributed by atoms with E-state index in [1.807, 2.05) is 6.07 Å². The molecular formula is C14H11F3N4O2. The van der Waals surface area contributed by atoms with Gasteiger partial charge in [0.15, 0.2) is 11.9 Å². The molecule has 2 aliphatic rings. The molecule has 1 aromatic carbocycles. The van der Waals surface area contributed by atoms with Gasteiger partial charge in [-0.2, -0.15) is 23.5 Å². The molecule has 1 aromatic rings. The van der Waals surface area contributed by atoms with Crippen molar-refractivity contribution in [2.24, 2.45) is 16.8 Å². The standard InChI is InChI=1S/C14H11F3N4O2/c15-14(16,17)11-10-9(6-1-3-7(22)4-2-6)8(5-18)12(19)23-13(10)21-20-11/h1-4,9-10,13,21-22H,19H2/t9-,10-,13-/m0/s1. The van der Waals surface area contributed by atoms with Crippen LogP contribution in [0.15, 0.2) is 40.8 Å². The minimum absolute atomic E-state index is 0.0397. The molecule has 0 aromatic heterocycles. The van der Waals surface area contributed by atoms with Gasteiger partial charge in [-0.15, -0.1) is 0 Å². The number of nitrogens with one attached hydrogen (secondary N) is 1. The van der Waals surface area contributed by atoms with Gasteiger partial charge in [-0.25, -0.2) is 0 Å². The van der Waals surface area contributed by atoms with Crippen molar-refractivity contribution in [1.29, 1.82) is 5.26 Å². The highest BCUT2D eigenvalue weighted by atomic mass is 19.4. The van der Waals surface area contributed by atoms with E-state index < -0.39 is 30.0 Å². The van der Waals surface area contributed by atoms with E-state index >= 15 is 0 Å². The molecule has 2 heterocycles. The number of hydrogen-bond donors (Lipinski definition) is 3. The number of rotatable bonds is 1. The van der Waals surface area contributed by atoms with E-state index in [1.54, 1.807) is 0 Å². The largest absolute Gasteiger partial charge is 0.508 e. The number of hydrazone groups is 1. The molecule has 2 aliphatic heterocycles. The number of benzene rings is 1. The lowest BCUT2D eigenvalue weighted by Gasteiger charge is -2.34. The molecule has 9 heteroatoms. The zero-order valence-electron chi connectivity index (χ0n) is 11.5. The van der Waals surface area contributed by atoms with Gasteiger partial charge in [-0.3, -0.25) is 5.43 Å². The Kier molecular flexibility index (Phi) is 3.32. The van der Waals surface area contributed by atoms with Gasteiger partial charge < -0.3 is 15.6 Å². The van der Waals surface area contributed by atoms with Crippen LogP contribution in [0.1, 0.15) is 11.5 Å². The maximum absolute atomic E-state index is 13.2. The molecule has 3 atom stereocenters. The van der Waals surface area contributed by atoms with E-state index in [0.29, 0.717) is 5.56 Å². The SMILES string of the molecule is N#CC1=C(N)O[C@@H]2NN=C(C(F)(F)F)[C@@H]2[C@H]1c1ccc(O)cc1. The lowest BCUT2D eigenvalue weighted by atomic mass is 9.76. The number of phenolic OH excluding ortho intramolecular Hbond substituents is 1. The summed E-state index contributed by atoms with van der Waals surface area (Å²) in [4.78, 5) is 0. The van der Waals surface area contributed by atoms with Gasteiger partial charge >= 0.3 is 6.18 Å². The Morgan fingerprint density at radius 2 is 1.96 bits per heavy atom. The number of aromatic hydroxyl groups is 1. The van der Waals surface area contributed by atoms with E-state index in [1.165, 1.54) is 24.3 Å². The maximum atomic E-state index is 13.2. The van der Waals surface area contributed by atoms with Crippen molar-refractivity contribution in [3.05, 3.63) is 41.3 Å². The molecule has 120 valence electrons. The van der Waals surface area contributed by atoms with Crippen molar-refractivity contribution in [3.8, 4) is 11.8 Å². The summed E-state index contributed by atoms with van der Waals surface area (Å²) in [6, 6.07) is 7.37. The van der Waals surface area contributed by atoms with Crippen molar-refractivity contribution in [1.82, 2.24) is 5.43 Å². The second-order valence-corrected chi connectivity index (χ2v) is 5.15. The Hall–Kier alpha value is -2.89. The minimum Gasteiger partial charge on any atom is -0.508 e. The number of allylic oxidation sites excluding steroid dienone is 1. The number of nitriles is 1. The van der Waals surface area contributed by atoms with Crippen LogP contribution in [0.2, 0.25) is 0 Å².